The molecule has 0 aromatic heterocycles. The SMILES string of the molecule is Clc1ccc(/C=N/N2CCCCCC2)c(Cl)c1. The second kappa shape index (κ2) is 6.27. The van der Waals surface area contributed by atoms with Crippen LogP contribution in [0.25, 0.3) is 0 Å². The van der Waals surface area contributed by atoms with Crippen LogP contribution in [0.2, 0.25) is 10.0 Å². The van der Waals surface area contributed by atoms with E-state index >= 15 is 0 Å². The molecule has 1 fully saturated rings. The first-order chi connectivity index (χ1) is 8.25. The first kappa shape index (κ1) is 12.7. The minimum Gasteiger partial charge on any atom is -0.297 e. The summed E-state index contributed by atoms with van der Waals surface area (Å²) in [5.41, 5.74) is 0.917. The van der Waals surface area contributed by atoms with E-state index in [1.165, 1.54) is 25.7 Å². The topological polar surface area (TPSA) is 15.6 Å². The van der Waals surface area contributed by atoms with Crippen molar-refractivity contribution in [1.82, 2.24) is 5.01 Å². The Hall–Kier alpha value is -0.730. The maximum Gasteiger partial charge on any atom is 0.0557 e. The van der Waals surface area contributed by atoms with Crippen molar-refractivity contribution >= 4 is 29.4 Å². The first-order valence-corrected chi connectivity index (χ1v) is 6.75. The average molecular weight is 271 g/mol. The number of nitrogens with zero attached hydrogens (tertiary/aromatic N) is 2. The number of hydrogen-bond acceptors (Lipinski definition) is 2. The normalized spacial score (nSPS) is 17.4. The number of halogens is 2. The second-order valence-electron chi connectivity index (χ2n) is 4.28. The van der Waals surface area contributed by atoms with Gasteiger partial charge in [-0.3, -0.25) is 5.01 Å². The van der Waals surface area contributed by atoms with Crippen LogP contribution in [0, 0.1) is 0 Å². The van der Waals surface area contributed by atoms with Gasteiger partial charge in [0.1, 0.15) is 0 Å². The summed E-state index contributed by atoms with van der Waals surface area (Å²) in [7, 11) is 0. The summed E-state index contributed by atoms with van der Waals surface area (Å²) in [6.45, 7) is 2.09. The van der Waals surface area contributed by atoms with Gasteiger partial charge in [0.2, 0.25) is 0 Å². The van der Waals surface area contributed by atoms with E-state index in [0.717, 1.165) is 18.7 Å². The Morgan fingerprint density at radius 1 is 1.06 bits per heavy atom. The third kappa shape index (κ3) is 3.90. The van der Waals surface area contributed by atoms with E-state index in [-0.39, 0.29) is 0 Å². The summed E-state index contributed by atoms with van der Waals surface area (Å²) in [4.78, 5) is 0. The fourth-order valence-electron chi connectivity index (χ4n) is 1.92. The lowest BCUT2D eigenvalue weighted by atomic mass is 10.2. The Balaban J connectivity index is 2.03. The summed E-state index contributed by atoms with van der Waals surface area (Å²) in [6.07, 6.45) is 6.91. The first-order valence-electron chi connectivity index (χ1n) is 6.00. The molecular formula is C13H16Cl2N2. The molecule has 0 radical (unpaired) electrons. The Morgan fingerprint density at radius 2 is 1.76 bits per heavy atom. The quantitative estimate of drug-likeness (QED) is 0.736. The van der Waals surface area contributed by atoms with Gasteiger partial charge in [-0.05, 0) is 25.0 Å². The summed E-state index contributed by atoms with van der Waals surface area (Å²) < 4.78 is 0. The predicted octanol–water partition coefficient (Wildman–Crippen LogP) is 4.20. The van der Waals surface area contributed by atoms with Crippen molar-refractivity contribution in [3.05, 3.63) is 33.8 Å². The van der Waals surface area contributed by atoms with Gasteiger partial charge in [-0.25, -0.2) is 0 Å². The van der Waals surface area contributed by atoms with E-state index in [4.69, 9.17) is 23.2 Å². The van der Waals surface area contributed by atoms with Crippen LogP contribution in [-0.2, 0) is 0 Å². The van der Waals surface area contributed by atoms with Crippen molar-refractivity contribution in [3.8, 4) is 0 Å². The molecule has 1 aromatic rings. The average Bonchev–Trinajstić information content (AvgIpc) is 2.56. The van der Waals surface area contributed by atoms with Crippen molar-refractivity contribution in [3.63, 3.8) is 0 Å². The van der Waals surface area contributed by atoms with E-state index in [1.807, 2.05) is 18.3 Å². The monoisotopic (exact) mass is 270 g/mol. The third-order valence-electron chi connectivity index (χ3n) is 2.91. The lowest BCUT2D eigenvalue weighted by Gasteiger charge is -2.15. The van der Waals surface area contributed by atoms with Crippen molar-refractivity contribution in [1.29, 1.82) is 0 Å². The zero-order chi connectivity index (χ0) is 12.1. The lowest BCUT2D eigenvalue weighted by molar-refractivity contribution is 0.302. The van der Waals surface area contributed by atoms with Crippen molar-refractivity contribution in [2.24, 2.45) is 5.10 Å². The minimum atomic E-state index is 0.649. The van der Waals surface area contributed by atoms with Gasteiger partial charge < -0.3 is 0 Å². The molecule has 1 aromatic carbocycles. The maximum absolute atomic E-state index is 6.09. The molecule has 4 heteroatoms. The van der Waals surface area contributed by atoms with Crippen molar-refractivity contribution in [2.45, 2.75) is 25.7 Å². The van der Waals surface area contributed by atoms with Crippen LogP contribution in [0.3, 0.4) is 0 Å². The molecule has 0 unspecified atom stereocenters. The molecular weight excluding hydrogens is 255 g/mol. The Bertz CT molecular complexity index is 396. The van der Waals surface area contributed by atoms with Crippen molar-refractivity contribution < 1.29 is 0 Å². The highest BCUT2D eigenvalue weighted by atomic mass is 35.5. The molecule has 0 spiro atoms. The second-order valence-corrected chi connectivity index (χ2v) is 5.12. The van der Waals surface area contributed by atoms with Gasteiger partial charge in [0.05, 0.1) is 11.2 Å². The van der Waals surface area contributed by atoms with Gasteiger partial charge in [-0.1, -0.05) is 42.1 Å². The predicted molar refractivity (Wildman–Crippen MR) is 74.1 cm³/mol. The molecule has 2 nitrogen and oxygen atoms in total. The summed E-state index contributed by atoms with van der Waals surface area (Å²) >= 11 is 11.9. The van der Waals surface area contributed by atoms with E-state index < -0.39 is 0 Å². The highest BCUT2D eigenvalue weighted by Crippen LogP contribution is 2.19. The molecule has 0 atom stereocenters. The smallest absolute Gasteiger partial charge is 0.0557 e. The molecule has 1 saturated heterocycles. The van der Waals surface area contributed by atoms with Crippen LogP contribution in [0.1, 0.15) is 31.2 Å². The zero-order valence-electron chi connectivity index (χ0n) is 9.70. The molecule has 0 N–H and O–H groups in total. The van der Waals surface area contributed by atoms with Crippen LogP contribution < -0.4 is 0 Å². The molecule has 17 heavy (non-hydrogen) atoms. The summed E-state index contributed by atoms with van der Waals surface area (Å²) in [5, 5.41) is 7.91. The van der Waals surface area contributed by atoms with Gasteiger partial charge in [-0.2, -0.15) is 5.10 Å². The van der Waals surface area contributed by atoms with Gasteiger partial charge in [-0.15, -0.1) is 0 Å². The maximum atomic E-state index is 6.09. The van der Waals surface area contributed by atoms with E-state index in [1.54, 1.807) is 6.07 Å². The van der Waals surface area contributed by atoms with Gasteiger partial charge >= 0.3 is 0 Å². The number of benzene rings is 1. The molecule has 0 saturated carbocycles. The Labute approximate surface area is 112 Å². The van der Waals surface area contributed by atoms with Crippen LogP contribution in [0.15, 0.2) is 23.3 Å². The minimum absolute atomic E-state index is 0.649. The standard InChI is InChI=1S/C13H16Cl2N2/c14-12-6-5-11(13(15)9-12)10-16-17-7-3-1-2-4-8-17/h5-6,9-10H,1-4,7-8H2/b16-10+. The molecule has 0 aliphatic carbocycles. The van der Waals surface area contributed by atoms with Crippen LogP contribution in [-0.4, -0.2) is 24.3 Å². The lowest BCUT2D eigenvalue weighted by Crippen LogP contribution is -2.18. The van der Waals surface area contributed by atoms with E-state index in [9.17, 15) is 0 Å². The molecule has 0 amide bonds. The van der Waals surface area contributed by atoms with Crippen molar-refractivity contribution in [2.75, 3.05) is 13.1 Å². The number of hydrogen-bond donors (Lipinski definition) is 0. The molecule has 92 valence electrons. The highest BCUT2D eigenvalue weighted by Gasteiger charge is 2.05. The summed E-state index contributed by atoms with van der Waals surface area (Å²) in [5.74, 6) is 0. The zero-order valence-corrected chi connectivity index (χ0v) is 11.2. The van der Waals surface area contributed by atoms with Crippen LogP contribution in [0.4, 0.5) is 0 Å². The molecule has 2 rings (SSSR count). The van der Waals surface area contributed by atoms with Crippen LogP contribution >= 0.6 is 23.2 Å². The third-order valence-corrected chi connectivity index (χ3v) is 3.47. The van der Waals surface area contributed by atoms with Gasteiger partial charge in [0, 0.05) is 23.7 Å². The van der Waals surface area contributed by atoms with E-state index in [2.05, 4.69) is 10.1 Å². The van der Waals surface area contributed by atoms with Gasteiger partial charge in [0.25, 0.3) is 0 Å². The molecule has 1 heterocycles. The van der Waals surface area contributed by atoms with E-state index in [0.29, 0.717) is 10.0 Å². The number of rotatable bonds is 2. The Kier molecular flexibility index (Phi) is 4.69. The van der Waals surface area contributed by atoms with Gasteiger partial charge in [0.15, 0.2) is 0 Å². The number of hydrazone groups is 1. The molecule has 1 aliphatic heterocycles. The molecule has 1 aliphatic rings. The Morgan fingerprint density at radius 3 is 2.41 bits per heavy atom. The molecule has 0 bridgehead atoms. The fourth-order valence-corrected chi connectivity index (χ4v) is 2.38. The van der Waals surface area contributed by atoms with Crippen LogP contribution in [0.5, 0.6) is 0 Å². The fraction of sp³-hybridized carbons (Fsp3) is 0.462. The largest absolute Gasteiger partial charge is 0.297 e. The highest BCUT2D eigenvalue weighted by molar-refractivity contribution is 6.36. The summed E-state index contributed by atoms with van der Waals surface area (Å²) in [6, 6.07) is 5.47.